The lowest BCUT2D eigenvalue weighted by Crippen LogP contribution is -2.69. The maximum absolute atomic E-state index is 8.04. The fraction of sp³-hybridized carbons (Fsp3) is 0.346. The van der Waals surface area contributed by atoms with Crippen molar-refractivity contribution < 1.29 is 28.1 Å². The van der Waals surface area contributed by atoms with Crippen LogP contribution in [0, 0.1) is 5.41 Å². The van der Waals surface area contributed by atoms with Crippen LogP contribution in [0.1, 0.15) is 57.7 Å². The molecule has 59 heavy (non-hydrogen) atoms. The van der Waals surface area contributed by atoms with E-state index in [0.717, 1.165) is 22.3 Å². The largest absolute Gasteiger partial charge is 0.401 e. The number of rotatable bonds is 16. The molecule has 2 aliphatic rings. The molecule has 2 aliphatic carbocycles. The molecular formula is C52H60O6Si. The first-order valence-electron chi connectivity index (χ1n) is 20.9. The molecule has 2 bridgehead atoms. The highest BCUT2D eigenvalue weighted by Gasteiger charge is 2.61. The van der Waals surface area contributed by atoms with Crippen molar-refractivity contribution >= 4 is 18.7 Å². The van der Waals surface area contributed by atoms with Gasteiger partial charge in [0.25, 0.3) is 8.32 Å². The normalized spacial score (nSPS) is 23.5. The molecule has 7 heteroatoms. The molecule has 0 saturated heterocycles. The van der Waals surface area contributed by atoms with E-state index in [1.165, 1.54) is 10.4 Å². The number of hydrogen-bond acceptors (Lipinski definition) is 6. The second-order valence-electron chi connectivity index (χ2n) is 17.3. The Kier molecular flexibility index (Phi) is 13.6. The summed E-state index contributed by atoms with van der Waals surface area (Å²) in [5, 5.41) is 2.19. The number of benzene rings is 5. The van der Waals surface area contributed by atoms with Gasteiger partial charge in [0.2, 0.25) is 0 Å². The summed E-state index contributed by atoms with van der Waals surface area (Å²) in [6.45, 7) is 12.8. The van der Waals surface area contributed by atoms with Crippen molar-refractivity contribution in [2.24, 2.45) is 5.41 Å². The average molecular weight is 809 g/mol. The number of methoxy groups -OCH3 is 1. The minimum atomic E-state index is -3.06. The van der Waals surface area contributed by atoms with Crippen molar-refractivity contribution in [2.75, 3.05) is 13.9 Å². The first kappa shape index (κ1) is 42.7. The summed E-state index contributed by atoms with van der Waals surface area (Å²) in [6, 6.07) is 52.8. The van der Waals surface area contributed by atoms with Gasteiger partial charge in [-0.2, -0.15) is 0 Å². The van der Waals surface area contributed by atoms with Gasteiger partial charge in [-0.25, -0.2) is 0 Å². The second kappa shape index (κ2) is 18.9. The molecule has 7 rings (SSSR count). The second-order valence-corrected chi connectivity index (χ2v) is 21.5. The van der Waals surface area contributed by atoms with Crippen LogP contribution in [0.4, 0.5) is 0 Å². The zero-order chi connectivity index (χ0) is 41.4. The first-order valence-corrected chi connectivity index (χ1v) is 22.8. The highest BCUT2D eigenvalue weighted by Crippen LogP contribution is 2.55. The molecule has 0 heterocycles. The van der Waals surface area contributed by atoms with E-state index < -0.39 is 37.6 Å². The van der Waals surface area contributed by atoms with Crippen molar-refractivity contribution in [1.82, 2.24) is 0 Å². The van der Waals surface area contributed by atoms with Crippen LogP contribution in [0.2, 0.25) is 5.04 Å². The van der Waals surface area contributed by atoms with Crippen LogP contribution in [0.25, 0.3) is 0 Å². The predicted molar refractivity (Wildman–Crippen MR) is 239 cm³/mol. The van der Waals surface area contributed by atoms with Crippen LogP contribution in [0.15, 0.2) is 175 Å². The summed E-state index contributed by atoms with van der Waals surface area (Å²) in [5.74, 6) is 0. The molecule has 0 spiro atoms. The molecule has 0 radical (unpaired) electrons. The van der Waals surface area contributed by atoms with Crippen LogP contribution in [-0.4, -0.2) is 52.2 Å². The molecule has 0 amide bonds. The van der Waals surface area contributed by atoms with Crippen molar-refractivity contribution in [1.29, 1.82) is 0 Å². The fourth-order valence-corrected chi connectivity index (χ4v) is 13.7. The maximum atomic E-state index is 8.04. The number of fused-ring (bicyclic) bond motifs is 2. The number of ether oxygens (including phenoxy) is 5. The Hall–Kier alpha value is -4.44. The summed E-state index contributed by atoms with van der Waals surface area (Å²) in [7, 11) is -1.40. The van der Waals surface area contributed by atoms with E-state index in [1.54, 1.807) is 7.11 Å². The van der Waals surface area contributed by atoms with Gasteiger partial charge in [-0.3, -0.25) is 0 Å². The van der Waals surface area contributed by atoms with Crippen molar-refractivity contribution in [3.63, 3.8) is 0 Å². The highest BCUT2D eigenvalue weighted by atomic mass is 28.4. The molecule has 6 nitrogen and oxygen atoms in total. The molecule has 5 aromatic rings. The Morgan fingerprint density at radius 2 is 1.07 bits per heavy atom. The Balaban J connectivity index is 1.44. The van der Waals surface area contributed by atoms with Gasteiger partial charge in [0.05, 0.1) is 25.9 Å². The van der Waals surface area contributed by atoms with Crippen LogP contribution in [0.3, 0.4) is 0 Å². The van der Waals surface area contributed by atoms with Gasteiger partial charge < -0.3 is 28.1 Å². The van der Waals surface area contributed by atoms with Gasteiger partial charge in [0.1, 0.15) is 30.7 Å². The molecular weight excluding hydrogens is 749 g/mol. The van der Waals surface area contributed by atoms with Crippen LogP contribution < -0.4 is 10.4 Å². The SMILES string of the molecule is COCO[C@@H]1/C=C\[C@H](OCc2ccccc2)[C@]2(OCc3ccccc3)C[C@H](O[Si](c3ccccc3)(c3ccccc3)C(C)(C)C)C=C([C@H]1OCc1ccccc1)C2(C)C. The molecule has 0 N–H and O–H groups in total. The van der Waals surface area contributed by atoms with Crippen LogP contribution in [0.5, 0.6) is 0 Å². The van der Waals surface area contributed by atoms with Gasteiger partial charge in [0.15, 0.2) is 0 Å². The zero-order valence-electron chi connectivity index (χ0n) is 35.5. The van der Waals surface area contributed by atoms with E-state index in [-0.39, 0.29) is 17.9 Å². The van der Waals surface area contributed by atoms with Crippen molar-refractivity contribution in [3.05, 3.63) is 192 Å². The van der Waals surface area contributed by atoms with Gasteiger partial charge >= 0.3 is 0 Å². The van der Waals surface area contributed by atoms with E-state index >= 15 is 0 Å². The lowest BCUT2D eigenvalue weighted by molar-refractivity contribution is -0.212. The summed E-state index contributed by atoms with van der Waals surface area (Å²) in [5.41, 5.74) is 2.74. The summed E-state index contributed by atoms with van der Waals surface area (Å²) >= 11 is 0. The minimum Gasteiger partial charge on any atom is -0.401 e. The molecule has 0 aromatic heterocycles. The van der Waals surface area contributed by atoms with E-state index in [4.69, 9.17) is 28.1 Å². The Morgan fingerprint density at radius 3 is 1.56 bits per heavy atom. The fourth-order valence-electron chi connectivity index (χ4n) is 9.12. The van der Waals surface area contributed by atoms with E-state index in [9.17, 15) is 0 Å². The molecule has 0 fully saturated rings. The van der Waals surface area contributed by atoms with Crippen LogP contribution >= 0.6 is 0 Å². The lowest BCUT2D eigenvalue weighted by Gasteiger charge is -2.58. The summed E-state index contributed by atoms with van der Waals surface area (Å²) < 4.78 is 41.9. The van der Waals surface area contributed by atoms with Crippen molar-refractivity contribution in [2.45, 2.75) is 95.9 Å². The third kappa shape index (κ3) is 9.18. The summed E-state index contributed by atoms with van der Waals surface area (Å²) in [4.78, 5) is 0. The van der Waals surface area contributed by atoms with Crippen molar-refractivity contribution in [3.8, 4) is 0 Å². The van der Waals surface area contributed by atoms with Gasteiger partial charge in [-0.15, -0.1) is 0 Å². The van der Waals surface area contributed by atoms with Gasteiger partial charge in [-0.05, 0) is 37.7 Å². The molecule has 0 unspecified atom stereocenters. The highest BCUT2D eigenvalue weighted by molar-refractivity contribution is 6.99. The topological polar surface area (TPSA) is 55.4 Å². The lowest BCUT2D eigenvalue weighted by atomic mass is 9.58. The predicted octanol–water partition coefficient (Wildman–Crippen LogP) is 9.97. The minimum absolute atomic E-state index is 0.0983. The monoisotopic (exact) mass is 808 g/mol. The zero-order valence-corrected chi connectivity index (χ0v) is 36.5. The molecule has 5 atom stereocenters. The molecule has 5 aromatic carbocycles. The Labute approximate surface area is 352 Å². The standard InChI is InChI=1S/C52H60O6Si/c1-50(2,3)59(44-28-18-10-19-29-44,45-30-20-11-21-31-45)58-43-34-46-49(55-37-41-24-14-8-15-25-41)47(56-39-53-6)32-33-48(54-36-40-22-12-7-13-23-40)52(35-43,51(46,4)5)57-38-42-26-16-9-17-27-42/h7-34,43,47-49H,35-39H2,1-6H3/b33-32-/t43-,47-,48+,49-,52-/m1/s1. The first-order chi connectivity index (χ1) is 28.6. The number of hydrogen-bond donors (Lipinski definition) is 0. The third-order valence-electron chi connectivity index (χ3n) is 12.2. The van der Waals surface area contributed by atoms with E-state index in [0.29, 0.717) is 26.2 Å². The van der Waals surface area contributed by atoms with E-state index in [2.05, 4.69) is 174 Å². The summed E-state index contributed by atoms with van der Waals surface area (Å²) in [6.07, 6.45) is 5.24. The smallest absolute Gasteiger partial charge is 0.261 e. The molecule has 0 saturated carbocycles. The quantitative estimate of drug-likeness (QED) is 0.0563. The average Bonchev–Trinajstić information content (AvgIpc) is 3.26. The van der Waals surface area contributed by atoms with E-state index in [1.807, 2.05) is 30.3 Å². The molecule has 0 aliphatic heterocycles. The maximum Gasteiger partial charge on any atom is 0.261 e. The molecule has 308 valence electrons. The Bertz CT molecular complexity index is 2060. The Morgan fingerprint density at radius 1 is 0.593 bits per heavy atom. The van der Waals surface area contributed by atoms with Gasteiger partial charge in [-0.1, -0.05) is 205 Å². The van der Waals surface area contributed by atoms with Crippen LogP contribution in [-0.2, 0) is 47.9 Å². The van der Waals surface area contributed by atoms with Gasteiger partial charge in [0, 0.05) is 18.9 Å². The third-order valence-corrected chi connectivity index (χ3v) is 17.3.